The van der Waals surface area contributed by atoms with Crippen LogP contribution < -0.4 is 16.8 Å². The third kappa shape index (κ3) is 3.42. The zero-order chi connectivity index (χ0) is 6.57. The van der Waals surface area contributed by atoms with Crippen molar-refractivity contribution in [2.24, 2.45) is 11.5 Å². The van der Waals surface area contributed by atoms with Crippen molar-refractivity contribution in [3.8, 4) is 0 Å². The first-order chi connectivity index (χ1) is 3.66. The van der Waals surface area contributed by atoms with Crippen molar-refractivity contribution in [2.75, 3.05) is 0 Å². The number of urea groups is 1. The van der Waals surface area contributed by atoms with Crippen LogP contribution in [0.4, 0.5) is 4.79 Å². The molecule has 2 amide bonds. The first kappa shape index (κ1) is 7.23. The molecule has 0 rings (SSSR count). The molecule has 1 unspecified atom stereocenters. The van der Waals surface area contributed by atoms with Gasteiger partial charge in [0.05, 0.1) is 6.17 Å². The summed E-state index contributed by atoms with van der Waals surface area (Å²) < 4.78 is 0. The van der Waals surface area contributed by atoms with E-state index < -0.39 is 6.03 Å². The van der Waals surface area contributed by atoms with E-state index in [0.29, 0.717) is 6.42 Å². The van der Waals surface area contributed by atoms with Crippen LogP contribution >= 0.6 is 0 Å². The van der Waals surface area contributed by atoms with Gasteiger partial charge < -0.3 is 16.8 Å². The van der Waals surface area contributed by atoms with Crippen LogP contribution in [0, 0.1) is 0 Å². The second-order valence-corrected chi connectivity index (χ2v) is 1.52. The molecule has 0 bridgehead atoms. The maximum absolute atomic E-state index is 10.00. The maximum Gasteiger partial charge on any atom is 0.313 e. The third-order valence-electron chi connectivity index (χ3n) is 0.767. The zero-order valence-corrected chi connectivity index (χ0v) is 4.85. The van der Waals surface area contributed by atoms with E-state index in [1.807, 2.05) is 6.92 Å². The van der Waals surface area contributed by atoms with Crippen molar-refractivity contribution in [3.05, 3.63) is 0 Å². The van der Waals surface area contributed by atoms with Crippen LogP contribution in [0.15, 0.2) is 0 Å². The summed E-state index contributed by atoms with van der Waals surface area (Å²) in [6, 6.07) is -0.570. The van der Waals surface area contributed by atoms with Gasteiger partial charge in [-0.3, -0.25) is 0 Å². The van der Waals surface area contributed by atoms with E-state index in [4.69, 9.17) is 11.5 Å². The molecule has 0 aliphatic rings. The lowest BCUT2D eigenvalue weighted by Crippen LogP contribution is -2.43. The van der Waals surface area contributed by atoms with Crippen molar-refractivity contribution < 1.29 is 4.79 Å². The number of nitrogens with one attached hydrogen (secondary N) is 1. The van der Waals surface area contributed by atoms with Crippen molar-refractivity contribution in [1.29, 1.82) is 0 Å². The van der Waals surface area contributed by atoms with E-state index in [9.17, 15) is 4.79 Å². The van der Waals surface area contributed by atoms with Crippen LogP contribution in [-0.2, 0) is 0 Å². The van der Waals surface area contributed by atoms with Crippen molar-refractivity contribution in [1.82, 2.24) is 5.32 Å². The molecule has 0 radical (unpaired) electrons. The minimum Gasteiger partial charge on any atom is -0.352 e. The smallest absolute Gasteiger partial charge is 0.313 e. The predicted octanol–water partition coefficient (Wildman–Crippen LogP) is -0.650. The van der Waals surface area contributed by atoms with E-state index in [-0.39, 0.29) is 6.17 Å². The van der Waals surface area contributed by atoms with Gasteiger partial charge in [0.1, 0.15) is 0 Å². The Morgan fingerprint density at radius 3 is 2.50 bits per heavy atom. The molecule has 0 aliphatic carbocycles. The Hall–Kier alpha value is -0.770. The second kappa shape index (κ2) is 3.26. The largest absolute Gasteiger partial charge is 0.352 e. The quantitative estimate of drug-likeness (QED) is 0.420. The molecule has 0 heterocycles. The minimum absolute atomic E-state index is 0.299. The van der Waals surface area contributed by atoms with Gasteiger partial charge in [-0.1, -0.05) is 6.92 Å². The highest BCUT2D eigenvalue weighted by atomic mass is 16.2. The van der Waals surface area contributed by atoms with Gasteiger partial charge in [0.25, 0.3) is 0 Å². The Kier molecular flexibility index (Phi) is 2.95. The minimum atomic E-state index is -0.570. The first-order valence-corrected chi connectivity index (χ1v) is 2.48. The predicted molar refractivity (Wildman–Crippen MR) is 31.0 cm³/mol. The van der Waals surface area contributed by atoms with Crippen molar-refractivity contribution in [2.45, 2.75) is 19.5 Å². The molecule has 0 aromatic rings. The van der Waals surface area contributed by atoms with Crippen LogP contribution in [0.5, 0.6) is 0 Å². The van der Waals surface area contributed by atoms with Crippen molar-refractivity contribution in [3.63, 3.8) is 0 Å². The van der Waals surface area contributed by atoms with Crippen LogP contribution in [0.2, 0.25) is 0 Å². The number of rotatable bonds is 2. The Morgan fingerprint density at radius 1 is 1.88 bits per heavy atom. The normalized spacial score (nSPS) is 12.8. The Balaban J connectivity index is 3.24. The summed E-state index contributed by atoms with van der Waals surface area (Å²) in [5, 5.41) is 2.31. The average Bonchev–Trinajstić information content (AvgIpc) is 1.65. The number of hydrogen-bond donors (Lipinski definition) is 3. The molecule has 4 heteroatoms. The topological polar surface area (TPSA) is 81.1 Å². The highest BCUT2D eigenvalue weighted by molar-refractivity contribution is 5.71. The fraction of sp³-hybridized carbons (Fsp3) is 0.750. The van der Waals surface area contributed by atoms with Crippen LogP contribution in [-0.4, -0.2) is 12.2 Å². The molecule has 5 N–H and O–H groups in total. The molecule has 0 fully saturated rings. The molecule has 0 saturated carbocycles. The SMILES string of the molecule is CCC(N)NC(N)=O. The van der Waals surface area contributed by atoms with E-state index in [1.165, 1.54) is 0 Å². The van der Waals surface area contributed by atoms with E-state index >= 15 is 0 Å². The van der Waals surface area contributed by atoms with Crippen LogP contribution in [0.1, 0.15) is 13.3 Å². The van der Waals surface area contributed by atoms with E-state index in [2.05, 4.69) is 5.32 Å². The van der Waals surface area contributed by atoms with E-state index in [0.717, 1.165) is 0 Å². The van der Waals surface area contributed by atoms with Gasteiger partial charge in [0, 0.05) is 0 Å². The van der Waals surface area contributed by atoms with Crippen LogP contribution in [0.25, 0.3) is 0 Å². The summed E-state index contributed by atoms with van der Waals surface area (Å²) in [6.45, 7) is 1.86. The van der Waals surface area contributed by atoms with Gasteiger partial charge in [-0.2, -0.15) is 0 Å². The van der Waals surface area contributed by atoms with Crippen molar-refractivity contribution >= 4 is 6.03 Å². The lowest BCUT2D eigenvalue weighted by molar-refractivity contribution is 0.245. The molecule has 0 aromatic carbocycles. The molecule has 0 aromatic heterocycles. The van der Waals surface area contributed by atoms with Gasteiger partial charge in [-0.05, 0) is 6.42 Å². The Morgan fingerprint density at radius 2 is 2.38 bits per heavy atom. The first-order valence-electron chi connectivity index (χ1n) is 2.48. The summed E-state index contributed by atoms with van der Waals surface area (Å²) in [5.41, 5.74) is 10.0. The Labute approximate surface area is 48.2 Å². The molecule has 0 saturated heterocycles. The number of amides is 2. The van der Waals surface area contributed by atoms with Crippen LogP contribution in [0.3, 0.4) is 0 Å². The standard InChI is InChI=1S/C4H11N3O/c1-2-3(5)7-4(6)8/h3H,2,5H2,1H3,(H3,6,7,8). The Bertz CT molecular complexity index is 83.4. The molecular formula is C4H11N3O. The number of nitrogens with two attached hydrogens (primary N) is 2. The van der Waals surface area contributed by atoms with E-state index in [1.54, 1.807) is 0 Å². The fourth-order valence-corrected chi connectivity index (χ4v) is 0.285. The lowest BCUT2D eigenvalue weighted by Gasteiger charge is -2.06. The number of hydrogen-bond acceptors (Lipinski definition) is 2. The summed E-state index contributed by atoms with van der Waals surface area (Å²) in [6.07, 6.45) is 0.399. The summed E-state index contributed by atoms with van der Waals surface area (Å²) in [4.78, 5) is 10.00. The summed E-state index contributed by atoms with van der Waals surface area (Å²) in [7, 11) is 0. The maximum atomic E-state index is 10.00. The second-order valence-electron chi connectivity index (χ2n) is 1.52. The molecule has 8 heavy (non-hydrogen) atoms. The summed E-state index contributed by atoms with van der Waals surface area (Å²) >= 11 is 0. The number of primary amides is 1. The average molecular weight is 117 g/mol. The number of carbonyl (C=O) groups is 1. The monoisotopic (exact) mass is 117 g/mol. The molecule has 0 aliphatic heterocycles. The highest BCUT2D eigenvalue weighted by Gasteiger charge is 1.97. The molecule has 48 valence electrons. The molecule has 1 atom stereocenters. The fourth-order valence-electron chi connectivity index (χ4n) is 0.285. The van der Waals surface area contributed by atoms with Gasteiger partial charge >= 0.3 is 6.03 Å². The molecule has 0 spiro atoms. The molecule has 4 nitrogen and oxygen atoms in total. The zero-order valence-electron chi connectivity index (χ0n) is 4.85. The molecular weight excluding hydrogens is 106 g/mol. The lowest BCUT2D eigenvalue weighted by atomic mass is 10.4. The third-order valence-corrected chi connectivity index (χ3v) is 0.767. The summed E-state index contributed by atoms with van der Waals surface area (Å²) in [5.74, 6) is 0. The van der Waals surface area contributed by atoms with Gasteiger partial charge in [0.15, 0.2) is 0 Å². The highest BCUT2D eigenvalue weighted by Crippen LogP contribution is 1.76. The number of carbonyl (C=O) groups excluding carboxylic acids is 1. The van der Waals surface area contributed by atoms with Gasteiger partial charge in [-0.25, -0.2) is 4.79 Å². The van der Waals surface area contributed by atoms with Gasteiger partial charge in [-0.15, -0.1) is 0 Å². The van der Waals surface area contributed by atoms with Gasteiger partial charge in [0.2, 0.25) is 0 Å².